The van der Waals surface area contributed by atoms with Crippen LogP contribution in [0.3, 0.4) is 0 Å². The lowest BCUT2D eigenvalue weighted by Crippen LogP contribution is -2.08. The van der Waals surface area contributed by atoms with Crippen molar-refractivity contribution in [2.45, 2.75) is 19.8 Å². The fourth-order valence-corrected chi connectivity index (χ4v) is 2.24. The molecular formula is C17H16ClF2NO3. The van der Waals surface area contributed by atoms with Crippen LogP contribution < -0.4 is 4.74 Å². The Hall–Kier alpha value is -2.21. The second kappa shape index (κ2) is 8.59. The van der Waals surface area contributed by atoms with Gasteiger partial charge in [-0.1, -0.05) is 11.6 Å². The van der Waals surface area contributed by atoms with Gasteiger partial charge in [0, 0.05) is 12.6 Å². The van der Waals surface area contributed by atoms with Crippen LogP contribution in [0.25, 0.3) is 11.1 Å². The molecule has 1 aromatic carbocycles. The number of halogens is 3. The highest BCUT2D eigenvalue weighted by atomic mass is 35.5. The summed E-state index contributed by atoms with van der Waals surface area (Å²) >= 11 is 5.78. The highest BCUT2D eigenvalue weighted by Crippen LogP contribution is 2.29. The van der Waals surface area contributed by atoms with Gasteiger partial charge in [-0.3, -0.25) is 4.79 Å². The van der Waals surface area contributed by atoms with Gasteiger partial charge in [0.25, 0.3) is 0 Å². The first-order chi connectivity index (χ1) is 11.5. The maximum absolute atomic E-state index is 14.1. The van der Waals surface area contributed by atoms with Crippen LogP contribution in [0.4, 0.5) is 8.78 Å². The van der Waals surface area contributed by atoms with Crippen molar-refractivity contribution in [2.24, 2.45) is 0 Å². The molecule has 1 heterocycles. The predicted molar refractivity (Wildman–Crippen MR) is 86.0 cm³/mol. The molecule has 7 heteroatoms. The summed E-state index contributed by atoms with van der Waals surface area (Å²) in [6.45, 7) is 2.01. The first kappa shape index (κ1) is 18.1. The van der Waals surface area contributed by atoms with Gasteiger partial charge in [-0.25, -0.2) is 13.8 Å². The molecule has 0 fully saturated rings. The smallest absolute Gasteiger partial charge is 0.305 e. The first-order valence-corrected chi connectivity index (χ1v) is 7.78. The van der Waals surface area contributed by atoms with Crippen molar-refractivity contribution in [1.29, 1.82) is 0 Å². The van der Waals surface area contributed by atoms with Gasteiger partial charge in [0.05, 0.1) is 13.2 Å². The van der Waals surface area contributed by atoms with Gasteiger partial charge < -0.3 is 9.47 Å². The van der Waals surface area contributed by atoms with Crippen molar-refractivity contribution >= 4 is 17.6 Å². The summed E-state index contributed by atoms with van der Waals surface area (Å²) in [7, 11) is 0. The predicted octanol–water partition coefficient (Wildman–Crippen LogP) is 4.40. The van der Waals surface area contributed by atoms with Crippen LogP contribution in [-0.4, -0.2) is 24.2 Å². The number of ether oxygens (including phenoxy) is 2. The van der Waals surface area contributed by atoms with E-state index in [0.29, 0.717) is 24.2 Å². The Morgan fingerprint density at radius 1 is 1.21 bits per heavy atom. The van der Waals surface area contributed by atoms with Crippen LogP contribution in [0.1, 0.15) is 19.8 Å². The van der Waals surface area contributed by atoms with Crippen molar-refractivity contribution in [3.63, 3.8) is 0 Å². The van der Waals surface area contributed by atoms with E-state index in [1.54, 1.807) is 13.0 Å². The molecular weight excluding hydrogens is 340 g/mol. The van der Waals surface area contributed by atoms with E-state index in [4.69, 9.17) is 21.1 Å². The molecule has 1 aromatic heterocycles. The summed E-state index contributed by atoms with van der Waals surface area (Å²) in [5.74, 6) is -2.49. The number of rotatable bonds is 7. The van der Waals surface area contributed by atoms with Gasteiger partial charge in [-0.15, -0.1) is 0 Å². The SMILES string of the molecule is CCOC(=O)CCCOc1c(F)cc(-c2ccnc(Cl)c2)cc1F. The molecule has 0 aliphatic heterocycles. The minimum atomic E-state index is -0.825. The van der Waals surface area contributed by atoms with Gasteiger partial charge >= 0.3 is 5.97 Å². The lowest BCUT2D eigenvalue weighted by Gasteiger charge is -2.10. The van der Waals surface area contributed by atoms with E-state index in [9.17, 15) is 13.6 Å². The third-order valence-corrected chi connectivity index (χ3v) is 3.34. The number of aromatic nitrogens is 1. The molecule has 0 saturated heterocycles. The summed E-state index contributed by atoms with van der Waals surface area (Å²) in [5.41, 5.74) is 0.870. The summed E-state index contributed by atoms with van der Waals surface area (Å²) in [6, 6.07) is 5.43. The number of benzene rings is 1. The lowest BCUT2D eigenvalue weighted by molar-refractivity contribution is -0.143. The van der Waals surface area contributed by atoms with Crippen LogP contribution >= 0.6 is 11.6 Å². The van der Waals surface area contributed by atoms with Crippen LogP contribution in [0.15, 0.2) is 30.5 Å². The van der Waals surface area contributed by atoms with Crippen molar-refractivity contribution < 1.29 is 23.0 Å². The average Bonchev–Trinajstić information content (AvgIpc) is 2.53. The molecule has 0 bridgehead atoms. The van der Waals surface area contributed by atoms with Crippen LogP contribution in [0.5, 0.6) is 5.75 Å². The molecule has 24 heavy (non-hydrogen) atoms. The molecule has 0 aliphatic rings. The fourth-order valence-electron chi connectivity index (χ4n) is 2.07. The summed E-state index contributed by atoms with van der Waals surface area (Å²) in [5, 5.41) is 0.229. The highest BCUT2D eigenvalue weighted by Gasteiger charge is 2.14. The van der Waals surface area contributed by atoms with E-state index in [0.717, 1.165) is 12.1 Å². The number of hydrogen-bond acceptors (Lipinski definition) is 4. The fraction of sp³-hybridized carbons (Fsp3) is 0.294. The minimum absolute atomic E-state index is 0.00703. The molecule has 0 atom stereocenters. The molecule has 2 aromatic rings. The zero-order valence-electron chi connectivity index (χ0n) is 13.0. The number of esters is 1. The maximum Gasteiger partial charge on any atom is 0.305 e. The normalized spacial score (nSPS) is 10.5. The van der Waals surface area contributed by atoms with Gasteiger partial charge in [0.15, 0.2) is 17.4 Å². The Morgan fingerprint density at radius 2 is 1.92 bits per heavy atom. The second-order valence-electron chi connectivity index (χ2n) is 4.89. The van der Waals surface area contributed by atoms with Crippen molar-refractivity contribution in [1.82, 2.24) is 4.98 Å². The quantitative estimate of drug-likeness (QED) is 0.419. The molecule has 0 aliphatic carbocycles. The Morgan fingerprint density at radius 3 is 2.54 bits per heavy atom. The Labute approximate surface area is 143 Å². The van der Waals surface area contributed by atoms with E-state index < -0.39 is 17.4 Å². The molecule has 2 rings (SSSR count). The average molecular weight is 356 g/mol. The molecule has 4 nitrogen and oxygen atoms in total. The number of pyridine rings is 1. The summed E-state index contributed by atoms with van der Waals surface area (Å²) in [6.07, 6.45) is 1.89. The van der Waals surface area contributed by atoms with E-state index in [1.165, 1.54) is 12.3 Å². The number of carbonyl (C=O) groups is 1. The highest BCUT2D eigenvalue weighted by molar-refractivity contribution is 6.29. The third-order valence-electron chi connectivity index (χ3n) is 3.14. The van der Waals surface area contributed by atoms with Gasteiger partial charge in [-0.2, -0.15) is 0 Å². The largest absolute Gasteiger partial charge is 0.488 e. The van der Waals surface area contributed by atoms with E-state index in [-0.39, 0.29) is 24.2 Å². The Balaban J connectivity index is 2.03. The molecule has 0 radical (unpaired) electrons. The zero-order valence-corrected chi connectivity index (χ0v) is 13.8. The molecule has 0 unspecified atom stereocenters. The first-order valence-electron chi connectivity index (χ1n) is 7.40. The third kappa shape index (κ3) is 4.89. The van der Waals surface area contributed by atoms with E-state index in [1.807, 2.05) is 0 Å². The van der Waals surface area contributed by atoms with Gasteiger partial charge in [-0.05, 0) is 48.7 Å². The topological polar surface area (TPSA) is 48.4 Å². The molecule has 128 valence electrons. The van der Waals surface area contributed by atoms with E-state index in [2.05, 4.69) is 4.98 Å². The zero-order chi connectivity index (χ0) is 17.5. The number of nitrogens with zero attached hydrogens (tertiary/aromatic N) is 1. The van der Waals surface area contributed by atoms with Crippen LogP contribution in [0.2, 0.25) is 5.15 Å². The number of hydrogen-bond donors (Lipinski definition) is 0. The maximum atomic E-state index is 14.1. The monoisotopic (exact) mass is 355 g/mol. The Bertz CT molecular complexity index is 702. The Kier molecular flexibility index (Phi) is 6.49. The van der Waals surface area contributed by atoms with Crippen LogP contribution in [-0.2, 0) is 9.53 Å². The minimum Gasteiger partial charge on any atom is -0.488 e. The number of carbonyl (C=O) groups excluding carboxylic acids is 1. The lowest BCUT2D eigenvalue weighted by atomic mass is 10.1. The standard InChI is InChI=1S/C17H16ClF2NO3/c1-2-23-16(22)4-3-7-24-17-13(19)8-12(9-14(17)20)11-5-6-21-15(18)10-11/h5-6,8-10H,2-4,7H2,1H3. The van der Waals surface area contributed by atoms with Crippen molar-refractivity contribution in [2.75, 3.05) is 13.2 Å². The molecule has 0 N–H and O–H groups in total. The second-order valence-corrected chi connectivity index (χ2v) is 5.28. The van der Waals surface area contributed by atoms with Crippen LogP contribution in [0, 0.1) is 11.6 Å². The van der Waals surface area contributed by atoms with Gasteiger partial charge in [0.2, 0.25) is 0 Å². The van der Waals surface area contributed by atoms with E-state index >= 15 is 0 Å². The molecule has 0 saturated carbocycles. The summed E-state index contributed by atoms with van der Waals surface area (Å²) < 4.78 is 38.1. The molecule has 0 spiro atoms. The summed E-state index contributed by atoms with van der Waals surface area (Å²) in [4.78, 5) is 15.0. The molecule has 0 amide bonds. The van der Waals surface area contributed by atoms with Crippen molar-refractivity contribution in [3.05, 3.63) is 47.2 Å². The van der Waals surface area contributed by atoms with Crippen molar-refractivity contribution in [3.8, 4) is 16.9 Å². The van der Waals surface area contributed by atoms with Gasteiger partial charge in [0.1, 0.15) is 5.15 Å².